The topological polar surface area (TPSA) is 107 Å². The number of aromatic nitrogens is 2. The highest BCUT2D eigenvalue weighted by molar-refractivity contribution is 6.06. The fourth-order valence-electron chi connectivity index (χ4n) is 4.25. The Hall–Kier alpha value is -4.85. The van der Waals surface area contributed by atoms with Crippen LogP contribution < -0.4 is 15.5 Å². The molecular weight excluding hydrogens is 496 g/mol. The van der Waals surface area contributed by atoms with Gasteiger partial charge in [0, 0.05) is 43.9 Å². The van der Waals surface area contributed by atoms with Gasteiger partial charge in [0.25, 0.3) is 5.91 Å². The van der Waals surface area contributed by atoms with Gasteiger partial charge in [0.15, 0.2) is 11.6 Å². The lowest BCUT2D eigenvalue weighted by atomic mass is 9.91. The highest BCUT2D eigenvalue weighted by Crippen LogP contribution is 2.32. The van der Waals surface area contributed by atoms with Crippen molar-refractivity contribution in [2.24, 2.45) is 0 Å². The molecule has 2 heterocycles. The van der Waals surface area contributed by atoms with Crippen LogP contribution in [0.1, 0.15) is 24.5 Å². The van der Waals surface area contributed by atoms with Crippen molar-refractivity contribution in [1.82, 2.24) is 14.9 Å². The van der Waals surface area contributed by atoms with E-state index in [4.69, 9.17) is 0 Å². The number of nitrogens with zero attached hydrogens (tertiary/aromatic N) is 4. The van der Waals surface area contributed by atoms with Crippen molar-refractivity contribution in [3.63, 3.8) is 0 Å². The maximum absolute atomic E-state index is 15.1. The number of halogens is 2. The number of rotatable bonds is 4. The summed E-state index contributed by atoms with van der Waals surface area (Å²) in [5.74, 6) is 2.88. The van der Waals surface area contributed by atoms with Gasteiger partial charge in [-0.2, -0.15) is 4.98 Å². The van der Waals surface area contributed by atoms with E-state index in [0.29, 0.717) is 11.8 Å². The molecule has 1 aliphatic rings. The Labute approximate surface area is 216 Å². The standard InChI is InChI=1S/C27H23F2N5O4/c1-27(10-13-35)24(36)33(20-16-30-25(37)31-17-20)11-12-34(27)26(38)32(2)23-21(28)14-19(15-22(23)29)9-8-18-6-4-3-5-7-18/h3-7,13-17H,10-12H2,1-2H3,(H,30,31,37). The molecule has 11 heteroatoms. The molecule has 1 fully saturated rings. The Bertz CT molecular complexity index is 1470. The fraction of sp³-hybridized carbons (Fsp3) is 0.222. The molecule has 0 radical (unpaired) electrons. The van der Waals surface area contributed by atoms with Crippen LogP contribution >= 0.6 is 0 Å². The van der Waals surface area contributed by atoms with E-state index in [1.165, 1.54) is 31.3 Å². The molecule has 0 aliphatic carbocycles. The summed E-state index contributed by atoms with van der Waals surface area (Å²) in [6, 6.07) is 10.1. The molecular formula is C27H23F2N5O4. The van der Waals surface area contributed by atoms with Gasteiger partial charge in [0.1, 0.15) is 17.5 Å². The van der Waals surface area contributed by atoms with Crippen LogP contribution in [-0.4, -0.2) is 58.8 Å². The van der Waals surface area contributed by atoms with Crippen molar-refractivity contribution < 1.29 is 23.2 Å². The van der Waals surface area contributed by atoms with E-state index in [9.17, 15) is 19.2 Å². The maximum atomic E-state index is 15.1. The average Bonchev–Trinajstić information content (AvgIpc) is 2.90. The Kier molecular flexibility index (Phi) is 7.34. The quantitative estimate of drug-likeness (QED) is 0.422. The number of urea groups is 1. The lowest BCUT2D eigenvalue weighted by Crippen LogP contribution is -2.68. The lowest BCUT2D eigenvalue weighted by Gasteiger charge is -2.47. The molecule has 4 rings (SSSR count). The number of amides is 3. The largest absolute Gasteiger partial charge is 0.345 e. The first kappa shape index (κ1) is 26.2. The summed E-state index contributed by atoms with van der Waals surface area (Å²) in [6.07, 6.45) is 2.63. The van der Waals surface area contributed by atoms with Gasteiger partial charge < -0.3 is 19.6 Å². The lowest BCUT2D eigenvalue weighted by molar-refractivity contribution is -0.133. The summed E-state index contributed by atoms with van der Waals surface area (Å²) in [5, 5.41) is 0. The molecule has 1 atom stereocenters. The normalized spacial score (nSPS) is 17.0. The van der Waals surface area contributed by atoms with Gasteiger partial charge in [-0.3, -0.25) is 9.69 Å². The molecule has 9 nitrogen and oxygen atoms in total. The van der Waals surface area contributed by atoms with E-state index in [2.05, 4.69) is 21.8 Å². The van der Waals surface area contributed by atoms with Crippen molar-refractivity contribution in [3.05, 3.63) is 88.1 Å². The van der Waals surface area contributed by atoms with Crippen molar-refractivity contribution in [2.75, 3.05) is 29.9 Å². The molecule has 2 aromatic carbocycles. The smallest absolute Gasteiger partial charge is 0.311 e. The number of nitrogens with one attached hydrogen (secondary N) is 1. The molecule has 3 amide bonds. The minimum Gasteiger partial charge on any atom is -0.311 e. The molecule has 0 spiro atoms. The zero-order valence-corrected chi connectivity index (χ0v) is 20.6. The molecule has 0 saturated carbocycles. The summed E-state index contributed by atoms with van der Waals surface area (Å²) in [6.45, 7) is 1.34. The van der Waals surface area contributed by atoms with Gasteiger partial charge in [0.2, 0.25) is 0 Å². The van der Waals surface area contributed by atoms with Crippen molar-refractivity contribution in [3.8, 4) is 11.8 Å². The first-order valence-corrected chi connectivity index (χ1v) is 11.6. The number of anilines is 2. The molecule has 3 aromatic rings. The van der Waals surface area contributed by atoms with Crippen LogP contribution in [0.4, 0.5) is 25.0 Å². The third kappa shape index (κ3) is 5.01. The predicted octanol–water partition coefficient (Wildman–Crippen LogP) is 2.70. The minimum atomic E-state index is -1.66. The monoisotopic (exact) mass is 519 g/mol. The van der Waals surface area contributed by atoms with E-state index < -0.39 is 40.5 Å². The van der Waals surface area contributed by atoms with E-state index >= 15 is 8.78 Å². The Morgan fingerprint density at radius 2 is 1.79 bits per heavy atom. The van der Waals surface area contributed by atoms with E-state index in [0.717, 1.165) is 21.9 Å². The molecule has 1 aliphatic heterocycles. The van der Waals surface area contributed by atoms with Gasteiger partial charge in [0.05, 0.1) is 11.9 Å². The number of aldehydes is 1. The van der Waals surface area contributed by atoms with Crippen LogP contribution in [0.5, 0.6) is 0 Å². The first-order chi connectivity index (χ1) is 18.2. The number of hydrogen-bond donors (Lipinski definition) is 1. The molecule has 1 N–H and O–H groups in total. The zero-order valence-electron chi connectivity index (χ0n) is 20.6. The first-order valence-electron chi connectivity index (χ1n) is 11.6. The van der Waals surface area contributed by atoms with Gasteiger partial charge in [-0.15, -0.1) is 0 Å². The number of H-pyrrole nitrogens is 1. The maximum Gasteiger partial charge on any atom is 0.345 e. The van der Waals surface area contributed by atoms with Crippen LogP contribution in [0, 0.1) is 23.5 Å². The number of benzene rings is 2. The summed E-state index contributed by atoms with van der Waals surface area (Å²) >= 11 is 0. The van der Waals surface area contributed by atoms with E-state index in [1.807, 2.05) is 6.07 Å². The summed E-state index contributed by atoms with van der Waals surface area (Å²) < 4.78 is 30.1. The van der Waals surface area contributed by atoms with E-state index in [-0.39, 0.29) is 30.8 Å². The third-order valence-electron chi connectivity index (χ3n) is 6.29. The molecule has 1 aromatic heterocycles. The number of carbonyl (C=O) groups is 3. The van der Waals surface area contributed by atoms with Gasteiger partial charge >= 0.3 is 11.7 Å². The van der Waals surface area contributed by atoms with Crippen LogP contribution in [0.3, 0.4) is 0 Å². The van der Waals surface area contributed by atoms with Gasteiger partial charge in [-0.05, 0) is 31.2 Å². The number of aromatic amines is 1. The highest BCUT2D eigenvalue weighted by Gasteiger charge is 2.49. The second-order valence-electron chi connectivity index (χ2n) is 8.78. The molecule has 38 heavy (non-hydrogen) atoms. The average molecular weight is 520 g/mol. The molecule has 194 valence electrons. The van der Waals surface area contributed by atoms with Crippen LogP contribution in [0.15, 0.2) is 59.7 Å². The third-order valence-corrected chi connectivity index (χ3v) is 6.29. The zero-order chi connectivity index (χ0) is 27.4. The second kappa shape index (κ2) is 10.6. The predicted molar refractivity (Wildman–Crippen MR) is 136 cm³/mol. The summed E-state index contributed by atoms with van der Waals surface area (Å²) in [4.78, 5) is 58.9. The fourth-order valence-corrected chi connectivity index (χ4v) is 4.25. The highest BCUT2D eigenvalue weighted by atomic mass is 19.1. The molecule has 1 unspecified atom stereocenters. The van der Waals surface area contributed by atoms with Crippen LogP contribution in [-0.2, 0) is 9.59 Å². The van der Waals surface area contributed by atoms with E-state index in [1.54, 1.807) is 24.3 Å². The Morgan fingerprint density at radius 3 is 2.39 bits per heavy atom. The molecule has 1 saturated heterocycles. The second-order valence-corrected chi connectivity index (χ2v) is 8.78. The van der Waals surface area contributed by atoms with Crippen molar-refractivity contribution in [2.45, 2.75) is 18.9 Å². The van der Waals surface area contributed by atoms with Gasteiger partial charge in [-0.1, -0.05) is 30.0 Å². The number of piperazine rings is 1. The number of hydrogen-bond acceptors (Lipinski definition) is 5. The van der Waals surface area contributed by atoms with Crippen molar-refractivity contribution in [1.29, 1.82) is 0 Å². The Morgan fingerprint density at radius 1 is 1.13 bits per heavy atom. The summed E-state index contributed by atoms with van der Waals surface area (Å²) in [5.41, 5.74) is -1.85. The van der Waals surface area contributed by atoms with Crippen LogP contribution in [0.2, 0.25) is 0 Å². The van der Waals surface area contributed by atoms with Gasteiger partial charge in [-0.25, -0.2) is 18.4 Å². The molecule has 0 bridgehead atoms. The van der Waals surface area contributed by atoms with Crippen molar-refractivity contribution >= 4 is 29.6 Å². The summed E-state index contributed by atoms with van der Waals surface area (Å²) in [7, 11) is 1.18. The SMILES string of the molecule is CN(C(=O)N1CCN(c2cnc(=O)[nH]c2)C(=O)C1(C)CC=O)c1c(F)cc(C#Cc2ccccc2)cc1F. The Balaban J connectivity index is 1.62. The number of carbonyl (C=O) groups excluding carboxylic acids is 3. The minimum absolute atomic E-state index is 0.000435. The van der Waals surface area contributed by atoms with Crippen LogP contribution in [0.25, 0.3) is 0 Å².